The number of pyridine rings is 1. The van der Waals surface area contributed by atoms with Crippen molar-refractivity contribution in [3.8, 4) is 0 Å². The average molecular weight is 309 g/mol. The summed E-state index contributed by atoms with van der Waals surface area (Å²) < 4.78 is 6.49. The summed E-state index contributed by atoms with van der Waals surface area (Å²) in [7, 11) is 1.32. The van der Waals surface area contributed by atoms with Crippen LogP contribution >= 0.6 is 0 Å². The lowest BCUT2D eigenvalue weighted by Crippen LogP contribution is -2.13. The lowest BCUT2D eigenvalue weighted by molar-refractivity contribution is 0.0600. The number of fused-ring (bicyclic) bond motifs is 1. The number of anilines is 1. The zero-order chi connectivity index (χ0) is 16.4. The first-order valence-electron chi connectivity index (χ1n) is 7.03. The van der Waals surface area contributed by atoms with Crippen molar-refractivity contribution >= 4 is 23.1 Å². The van der Waals surface area contributed by atoms with Crippen molar-refractivity contribution in [2.45, 2.75) is 6.92 Å². The van der Waals surface area contributed by atoms with Crippen molar-refractivity contribution in [1.29, 1.82) is 0 Å². The molecule has 0 aliphatic carbocycles. The highest BCUT2D eigenvalue weighted by molar-refractivity contribution is 6.07. The minimum Gasteiger partial charge on any atom is -0.465 e. The molecule has 6 nitrogen and oxygen atoms in total. The maximum Gasteiger partial charge on any atom is 0.337 e. The van der Waals surface area contributed by atoms with E-state index in [-0.39, 0.29) is 5.91 Å². The van der Waals surface area contributed by atoms with Gasteiger partial charge in [0.05, 0.1) is 18.2 Å². The van der Waals surface area contributed by atoms with Crippen LogP contribution in [0.4, 0.5) is 5.69 Å². The Bertz CT molecular complexity index is 882. The van der Waals surface area contributed by atoms with Gasteiger partial charge in [-0.1, -0.05) is 6.07 Å². The highest BCUT2D eigenvalue weighted by Gasteiger charge is 2.15. The smallest absolute Gasteiger partial charge is 0.337 e. The van der Waals surface area contributed by atoms with Gasteiger partial charge in [0.15, 0.2) is 5.69 Å². The Morgan fingerprint density at radius 3 is 2.57 bits per heavy atom. The molecular formula is C17H15N3O3. The van der Waals surface area contributed by atoms with Crippen molar-refractivity contribution < 1.29 is 14.3 Å². The third-order valence-corrected chi connectivity index (χ3v) is 3.50. The summed E-state index contributed by atoms with van der Waals surface area (Å²) in [5.41, 5.74) is 2.11. The fourth-order valence-electron chi connectivity index (χ4n) is 2.36. The highest BCUT2D eigenvalue weighted by Crippen LogP contribution is 2.16. The molecule has 1 amide bonds. The van der Waals surface area contributed by atoms with Crippen LogP contribution in [0, 0.1) is 6.92 Å². The molecule has 2 heterocycles. The second-order valence-electron chi connectivity index (χ2n) is 4.99. The predicted octanol–water partition coefficient (Wildman–Crippen LogP) is 2.68. The third-order valence-electron chi connectivity index (χ3n) is 3.50. The van der Waals surface area contributed by atoms with Crippen molar-refractivity contribution in [1.82, 2.24) is 9.38 Å². The van der Waals surface area contributed by atoms with E-state index in [0.29, 0.717) is 16.9 Å². The Kier molecular flexibility index (Phi) is 3.80. The number of carbonyl (C=O) groups is 2. The molecule has 1 N–H and O–H groups in total. The van der Waals surface area contributed by atoms with Gasteiger partial charge >= 0.3 is 5.97 Å². The number of hydrogen-bond acceptors (Lipinski definition) is 4. The van der Waals surface area contributed by atoms with Crippen LogP contribution in [0.2, 0.25) is 0 Å². The summed E-state index contributed by atoms with van der Waals surface area (Å²) in [4.78, 5) is 28.2. The van der Waals surface area contributed by atoms with Crippen LogP contribution in [0.15, 0.2) is 48.7 Å². The Hall–Kier alpha value is -3.15. The van der Waals surface area contributed by atoms with Crippen molar-refractivity contribution in [2.24, 2.45) is 0 Å². The summed E-state index contributed by atoms with van der Waals surface area (Å²) in [5, 5.41) is 2.78. The summed E-state index contributed by atoms with van der Waals surface area (Å²) in [6, 6.07) is 12.1. The number of carbonyl (C=O) groups excluding carboxylic acids is 2. The first-order valence-corrected chi connectivity index (χ1v) is 7.03. The lowest BCUT2D eigenvalue weighted by Gasteiger charge is -2.05. The van der Waals surface area contributed by atoms with E-state index in [0.717, 1.165) is 11.3 Å². The van der Waals surface area contributed by atoms with Crippen LogP contribution in [-0.4, -0.2) is 28.4 Å². The van der Waals surface area contributed by atoms with E-state index in [1.54, 1.807) is 24.3 Å². The molecule has 0 spiro atoms. The lowest BCUT2D eigenvalue weighted by atomic mass is 10.2. The second-order valence-corrected chi connectivity index (χ2v) is 4.99. The summed E-state index contributed by atoms with van der Waals surface area (Å²) in [6.45, 7) is 1.84. The van der Waals surface area contributed by atoms with E-state index in [1.807, 2.05) is 35.7 Å². The number of imidazole rings is 1. The maximum absolute atomic E-state index is 12.4. The van der Waals surface area contributed by atoms with Gasteiger partial charge in [-0.05, 0) is 43.3 Å². The van der Waals surface area contributed by atoms with E-state index in [9.17, 15) is 9.59 Å². The molecule has 0 saturated heterocycles. The summed E-state index contributed by atoms with van der Waals surface area (Å²) in [6.07, 6.45) is 1.86. The van der Waals surface area contributed by atoms with E-state index in [1.165, 1.54) is 7.11 Å². The highest BCUT2D eigenvalue weighted by atomic mass is 16.5. The Morgan fingerprint density at radius 2 is 1.87 bits per heavy atom. The molecule has 3 rings (SSSR count). The normalized spacial score (nSPS) is 10.5. The number of nitrogens with one attached hydrogen (secondary N) is 1. The number of methoxy groups -OCH3 is 1. The molecule has 0 aliphatic heterocycles. The molecule has 23 heavy (non-hydrogen) atoms. The van der Waals surface area contributed by atoms with Crippen LogP contribution in [0.25, 0.3) is 5.52 Å². The Labute approximate surface area is 132 Å². The van der Waals surface area contributed by atoms with Gasteiger partial charge in [-0.2, -0.15) is 0 Å². The van der Waals surface area contributed by atoms with Crippen molar-refractivity contribution in [2.75, 3.05) is 12.4 Å². The molecule has 3 aromatic rings. The number of hydrogen-bond donors (Lipinski definition) is 1. The number of aromatic nitrogens is 2. The standard InChI is InChI=1S/C17H15N3O3/c1-11-18-15(14-5-3-4-10-20(11)14)16(21)19-13-8-6-12(7-9-13)17(22)23-2/h3-10H,1-2H3,(H,19,21). The molecule has 0 atom stereocenters. The number of rotatable bonds is 3. The monoisotopic (exact) mass is 309 g/mol. The van der Waals surface area contributed by atoms with Crippen molar-refractivity contribution in [3.05, 3.63) is 65.7 Å². The number of benzene rings is 1. The zero-order valence-corrected chi connectivity index (χ0v) is 12.7. The van der Waals surface area contributed by atoms with Crippen LogP contribution in [0.3, 0.4) is 0 Å². The molecule has 6 heteroatoms. The Morgan fingerprint density at radius 1 is 1.13 bits per heavy atom. The number of ether oxygens (including phenoxy) is 1. The fraction of sp³-hybridized carbons (Fsp3) is 0.118. The number of aryl methyl sites for hydroxylation is 1. The minimum atomic E-state index is -0.418. The van der Waals surface area contributed by atoms with Gasteiger partial charge in [0.2, 0.25) is 0 Å². The zero-order valence-electron chi connectivity index (χ0n) is 12.7. The molecule has 0 radical (unpaired) electrons. The van der Waals surface area contributed by atoms with E-state index < -0.39 is 5.97 Å². The molecule has 0 unspecified atom stereocenters. The molecule has 0 aliphatic rings. The maximum atomic E-state index is 12.4. The predicted molar refractivity (Wildman–Crippen MR) is 85.7 cm³/mol. The topological polar surface area (TPSA) is 72.7 Å². The Balaban J connectivity index is 1.85. The van der Waals surface area contributed by atoms with Gasteiger partial charge in [-0.3, -0.25) is 4.79 Å². The molecular weight excluding hydrogens is 294 g/mol. The van der Waals surface area contributed by atoms with Crippen LogP contribution < -0.4 is 5.32 Å². The third kappa shape index (κ3) is 2.78. The van der Waals surface area contributed by atoms with Gasteiger partial charge in [0.1, 0.15) is 5.82 Å². The first-order chi connectivity index (χ1) is 11.1. The number of amides is 1. The minimum absolute atomic E-state index is 0.299. The quantitative estimate of drug-likeness (QED) is 0.755. The molecule has 0 fully saturated rings. The fourth-order valence-corrected chi connectivity index (χ4v) is 2.36. The molecule has 0 bridgehead atoms. The van der Waals surface area contributed by atoms with Crippen LogP contribution in [0.5, 0.6) is 0 Å². The van der Waals surface area contributed by atoms with Crippen LogP contribution in [0.1, 0.15) is 26.7 Å². The van der Waals surface area contributed by atoms with Gasteiger partial charge in [-0.25, -0.2) is 9.78 Å². The molecule has 0 saturated carbocycles. The van der Waals surface area contributed by atoms with E-state index >= 15 is 0 Å². The van der Waals surface area contributed by atoms with E-state index in [4.69, 9.17) is 0 Å². The van der Waals surface area contributed by atoms with Gasteiger partial charge in [-0.15, -0.1) is 0 Å². The van der Waals surface area contributed by atoms with Gasteiger partial charge in [0, 0.05) is 11.9 Å². The largest absolute Gasteiger partial charge is 0.465 e. The summed E-state index contributed by atoms with van der Waals surface area (Å²) >= 11 is 0. The van der Waals surface area contributed by atoms with Gasteiger partial charge in [0.25, 0.3) is 5.91 Å². The second kappa shape index (κ2) is 5.92. The average Bonchev–Trinajstić information content (AvgIpc) is 2.92. The van der Waals surface area contributed by atoms with Crippen LogP contribution in [-0.2, 0) is 4.74 Å². The first kappa shape index (κ1) is 14.8. The van der Waals surface area contributed by atoms with Crippen molar-refractivity contribution in [3.63, 3.8) is 0 Å². The number of esters is 1. The van der Waals surface area contributed by atoms with E-state index in [2.05, 4.69) is 15.0 Å². The molecule has 2 aromatic heterocycles. The van der Waals surface area contributed by atoms with Gasteiger partial charge < -0.3 is 14.5 Å². The summed E-state index contributed by atoms with van der Waals surface area (Å²) in [5.74, 6) is 0.0259. The molecule has 116 valence electrons. The SMILES string of the molecule is COC(=O)c1ccc(NC(=O)c2nc(C)n3ccccc23)cc1. The molecule has 1 aromatic carbocycles. The number of nitrogens with zero attached hydrogens (tertiary/aromatic N) is 2.